The zero-order chi connectivity index (χ0) is 14.8. The van der Waals surface area contributed by atoms with Crippen molar-refractivity contribution in [3.8, 4) is 0 Å². The fraction of sp³-hybridized carbons (Fsp3) is 0.929. The van der Waals surface area contributed by atoms with Crippen molar-refractivity contribution in [2.75, 3.05) is 0 Å². The molecule has 0 radical (unpaired) electrons. The molecule has 1 saturated carbocycles. The molecule has 0 aromatic carbocycles. The molecule has 0 bridgehead atoms. The van der Waals surface area contributed by atoms with E-state index in [0.717, 1.165) is 25.7 Å². The van der Waals surface area contributed by atoms with Gasteiger partial charge in [-0.1, -0.05) is 19.6 Å². The highest BCUT2D eigenvalue weighted by atomic mass is 28.4. The Morgan fingerprint density at radius 3 is 1.84 bits per heavy atom. The SMILES string of the molecule is C[Si](C)(C)OC1CCC(C(C(=O)[O-])[Si](C)(C)C)CC1. The molecule has 112 valence electrons. The fourth-order valence-corrected chi connectivity index (χ4v) is 6.98. The Morgan fingerprint density at radius 2 is 1.53 bits per heavy atom. The van der Waals surface area contributed by atoms with Crippen molar-refractivity contribution in [3.63, 3.8) is 0 Å². The van der Waals surface area contributed by atoms with E-state index in [1.807, 2.05) is 0 Å². The normalized spacial score (nSPS) is 27.1. The van der Waals surface area contributed by atoms with Crippen LogP contribution in [0.5, 0.6) is 0 Å². The summed E-state index contributed by atoms with van der Waals surface area (Å²) in [6.45, 7) is 13.1. The maximum atomic E-state index is 11.5. The molecular weight excluding hydrogens is 272 g/mol. The number of rotatable bonds is 5. The molecule has 0 spiro atoms. The molecule has 0 saturated heterocycles. The standard InChI is InChI=1S/C14H30O3Si2/c1-18(2,3)13(14(15)16)11-7-9-12(10-8-11)17-19(4,5)6/h11-13H,7-10H2,1-6H3,(H,15,16)/p-1. The van der Waals surface area contributed by atoms with Crippen LogP contribution in [0.3, 0.4) is 0 Å². The zero-order valence-electron chi connectivity index (χ0n) is 13.3. The maximum Gasteiger partial charge on any atom is 0.184 e. The summed E-state index contributed by atoms with van der Waals surface area (Å²) >= 11 is 0. The molecule has 5 heteroatoms. The van der Waals surface area contributed by atoms with E-state index in [1.165, 1.54) is 0 Å². The van der Waals surface area contributed by atoms with Gasteiger partial charge in [0.25, 0.3) is 0 Å². The Kier molecular flexibility index (Phi) is 5.43. The number of carbonyl (C=O) groups is 1. The van der Waals surface area contributed by atoms with E-state index in [1.54, 1.807) is 0 Å². The smallest absolute Gasteiger partial charge is 0.184 e. The number of carboxylic acids is 1. The lowest BCUT2D eigenvalue weighted by Crippen LogP contribution is -2.46. The molecule has 1 aliphatic rings. The van der Waals surface area contributed by atoms with Crippen LogP contribution in [0.2, 0.25) is 44.8 Å². The van der Waals surface area contributed by atoms with Crippen molar-refractivity contribution in [1.29, 1.82) is 0 Å². The van der Waals surface area contributed by atoms with Crippen LogP contribution in [0.15, 0.2) is 0 Å². The average molecular weight is 302 g/mol. The second kappa shape index (κ2) is 6.10. The van der Waals surface area contributed by atoms with E-state index in [-0.39, 0.29) is 5.54 Å². The minimum absolute atomic E-state index is 0.208. The van der Waals surface area contributed by atoms with E-state index in [0.29, 0.717) is 12.0 Å². The molecule has 1 fully saturated rings. The van der Waals surface area contributed by atoms with Crippen LogP contribution in [0, 0.1) is 5.92 Å². The van der Waals surface area contributed by atoms with Gasteiger partial charge in [-0.2, -0.15) is 0 Å². The molecule has 0 N–H and O–H groups in total. The second-order valence-electron chi connectivity index (χ2n) is 7.93. The van der Waals surface area contributed by atoms with Crippen molar-refractivity contribution in [2.45, 2.75) is 76.6 Å². The predicted molar refractivity (Wildman–Crippen MR) is 82.3 cm³/mol. The summed E-state index contributed by atoms with van der Waals surface area (Å²) in [6, 6.07) is 0. The monoisotopic (exact) mass is 301 g/mol. The quantitative estimate of drug-likeness (QED) is 0.734. The third-order valence-corrected chi connectivity index (χ3v) is 7.51. The van der Waals surface area contributed by atoms with Crippen molar-refractivity contribution in [1.82, 2.24) is 0 Å². The summed E-state index contributed by atoms with van der Waals surface area (Å²) in [7, 11) is -3.17. The van der Waals surface area contributed by atoms with Gasteiger partial charge in [0.1, 0.15) is 0 Å². The van der Waals surface area contributed by atoms with Crippen LogP contribution in [0.25, 0.3) is 0 Å². The van der Waals surface area contributed by atoms with Gasteiger partial charge in [0.2, 0.25) is 0 Å². The van der Waals surface area contributed by atoms with Crippen molar-refractivity contribution < 1.29 is 14.3 Å². The van der Waals surface area contributed by atoms with Gasteiger partial charge in [-0.25, -0.2) is 0 Å². The van der Waals surface area contributed by atoms with Crippen molar-refractivity contribution in [2.24, 2.45) is 5.92 Å². The molecule has 1 unspecified atom stereocenters. The summed E-state index contributed by atoms with van der Waals surface area (Å²) in [5.74, 6) is -0.521. The number of carboxylic acid groups (broad SMARTS) is 1. The van der Waals surface area contributed by atoms with Gasteiger partial charge in [-0.15, -0.1) is 0 Å². The first-order valence-corrected chi connectivity index (χ1v) is 14.4. The number of carbonyl (C=O) groups excluding carboxylic acids is 1. The van der Waals surface area contributed by atoms with Crippen LogP contribution < -0.4 is 5.11 Å². The van der Waals surface area contributed by atoms with Gasteiger partial charge < -0.3 is 14.3 Å². The van der Waals surface area contributed by atoms with Gasteiger partial charge in [-0.3, -0.25) is 0 Å². The van der Waals surface area contributed by atoms with E-state index in [9.17, 15) is 9.90 Å². The first kappa shape index (κ1) is 16.9. The summed E-state index contributed by atoms with van der Waals surface area (Å²) in [6.07, 6.45) is 4.36. The van der Waals surface area contributed by atoms with Gasteiger partial charge in [-0.05, 0) is 56.8 Å². The summed E-state index contributed by atoms with van der Waals surface area (Å²) in [5, 5.41) is 11.5. The molecule has 19 heavy (non-hydrogen) atoms. The van der Waals surface area contributed by atoms with Crippen molar-refractivity contribution >= 4 is 22.4 Å². The molecule has 0 aliphatic heterocycles. The first-order chi connectivity index (χ1) is 8.50. The molecule has 3 nitrogen and oxygen atoms in total. The van der Waals surface area contributed by atoms with E-state index >= 15 is 0 Å². The molecule has 0 aromatic heterocycles. The Morgan fingerprint density at radius 1 is 1.05 bits per heavy atom. The molecule has 0 amide bonds. The molecule has 1 atom stereocenters. The van der Waals surface area contributed by atoms with Gasteiger partial charge in [0, 0.05) is 12.1 Å². The number of hydrogen-bond acceptors (Lipinski definition) is 3. The van der Waals surface area contributed by atoms with Gasteiger partial charge in [0.05, 0.1) is 8.07 Å². The van der Waals surface area contributed by atoms with E-state index in [2.05, 4.69) is 39.3 Å². The van der Waals surface area contributed by atoms with Crippen LogP contribution in [0.1, 0.15) is 25.7 Å². The number of aliphatic carboxylic acids is 1. The Bertz CT molecular complexity index is 310. The van der Waals surface area contributed by atoms with E-state index in [4.69, 9.17) is 4.43 Å². The summed E-state index contributed by atoms with van der Waals surface area (Å²) in [4.78, 5) is 11.5. The molecule has 1 rings (SSSR count). The lowest BCUT2D eigenvalue weighted by molar-refractivity contribution is -0.307. The molecule has 0 heterocycles. The minimum atomic E-state index is -1.70. The molecule has 0 aromatic rings. The van der Waals surface area contributed by atoms with Crippen LogP contribution in [-0.4, -0.2) is 28.5 Å². The lowest BCUT2D eigenvalue weighted by atomic mass is 9.85. The Labute approximate surface area is 119 Å². The van der Waals surface area contributed by atoms with Crippen molar-refractivity contribution in [3.05, 3.63) is 0 Å². The average Bonchev–Trinajstić information content (AvgIpc) is 2.15. The second-order valence-corrected chi connectivity index (χ2v) is 17.7. The van der Waals surface area contributed by atoms with E-state index < -0.39 is 22.4 Å². The summed E-state index contributed by atoms with van der Waals surface area (Å²) < 4.78 is 6.14. The fourth-order valence-electron chi connectivity index (χ4n) is 3.29. The summed E-state index contributed by atoms with van der Waals surface area (Å²) in [5.41, 5.74) is -0.208. The maximum absolute atomic E-state index is 11.5. The topological polar surface area (TPSA) is 49.4 Å². The predicted octanol–water partition coefficient (Wildman–Crippen LogP) is 2.86. The first-order valence-electron chi connectivity index (χ1n) is 7.39. The van der Waals surface area contributed by atoms with Crippen LogP contribution >= 0.6 is 0 Å². The highest BCUT2D eigenvalue weighted by Gasteiger charge is 2.37. The molecule has 1 aliphatic carbocycles. The molecular formula is C14H29O3Si2-. The highest BCUT2D eigenvalue weighted by molar-refractivity contribution is 6.80. The Balaban J connectivity index is 2.59. The highest BCUT2D eigenvalue weighted by Crippen LogP contribution is 2.40. The van der Waals surface area contributed by atoms with Gasteiger partial charge in [0.15, 0.2) is 8.32 Å². The zero-order valence-corrected chi connectivity index (χ0v) is 15.3. The lowest BCUT2D eigenvalue weighted by Gasteiger charge is -2.41. The number of hydrogen-bond donors (Lipinski definition) is 0. The third kappa shape index (κ3) is 5.40. The third-order valence-electron chi connectivity index (χ3n) is 3.90. The Hall–Kier alpha value is -0.136. The van der Waals surface area contributed by atoms with Crippen LogP contribution in [0.4, 0.5) is 0 Å². The van der Waals surface area contributed by atoms with Gasteiger partial charge >= 0.3 is 0 Å². The largest absolute Gasteiger partial charge is 0.550 e. The van der Waals surface area contributed by atoms with Crippen LogP contribution in [-0.2, 0) is 9.22 Å². The minimum Gasteiger partial charge on any atom is -0.550 e.